The van der Waals surface area contributed by atoms with Crippen LogP contribution in [0.1, 0.15) is 0 Å². The third-order valence-corrected chi connectivity index (χ3v) is 3.83. The Bertz CT molecular complexity index is 489. The summed E-state index contributed by atoms with van der Waals surface area (Å²) >= 11 is 17.7. The molecule has 0 unspecified atom stereocenters. The minimum absolute atomic E-state index is 0.00654. The zero-order valence-corrected chi connectivity index (χ0v) is 12.8. The number of ether oxygens (including phenoxy) is 2. The van der Waals surface area contributed by atoms with Crippen LogP contribution in [-0.4, -0.2) is 57.7 Å². The number of aliphatic hydroxyl groups excluding tert-OH is 4. The molecule has 118 valence electrons. The molecule has 1 saturated heterocycles. The molecular formula is C12H13Cl3O6. The maximum Gasteiger partial charge on any atom is 0.229 e. The fourth-order valence-electron chi connectivity index (χ4n) is 1.92. The van der Waals surface area contributed by atoms with Crippen LogP contribution in [0.5, 0.6) is 5.75 Å². The molecule has 1 heterocycles. The first kappa shape index (κ1) is 17.1. The Morgan fingerprint density at radius 2 is 1.57 bits per heavy atom. The van der Waals surface area contributed by atoms with Gasteiger partial charge in [0.2, 0.25) is 6.29 Å². The van der Waals surface area contributed by atoms with E-state index in [2.05, 4.69) is 0 Å². The molecule has 1 aliphatic rings. The van der Waals surface area contributed by atoms with Crippen LogP contribution in [0.4, 0.5) is 0 Å². The minimum atomic E-state index is -1.55. The molecular weight excluding hydrogens is 346 g/mol. The number of rotatable bonds is 3. The Morgan fingerprint density at radius 3 is 2.10 bits per heavy atom. The minimum Gasteiger partial charge on any atom is -0.459 e. The van der Waals surface area contributed by atoms with Crippen molar-refractivity contribution in [2.75, 3.05) is 6.61 Å². The van der Waals surface area contributed by atoms with Crippen molar-refractivity contribution in [2.24, 2.45) is 0 Å². The summed E-state index contributed by atoms with van der Waals surface area (Å²) < 4.78 is 10.6. The van der Waals surface area contributed by atoms with E-state index in [0.717, 1.165) is 0 Å². The summed E-state index contributed by atoms with van der Waals surface area (Å²) in [6, 6.07) is 2.77. The normalized spacial score (nSPS) is 33.0. The third kappa shape index (κ3) is 3.55. The first-order chi connectivity index (χ1) is 9.85. The van der Waals surface area contributed by atoms with Gasteiger partial charge in [-0.25, -0.2) is 0 Å². The molecule has 0 saturated carbocycles. The number of halogens is 3. The van der Waals surface area contributed by atoms with Crippen molar-refractivity contribution in [3.8, 4) is 5.75 Å². The number of hydrogen-bond donors (Lipinski definition) is 4. The smallest absolute Gasteiger partial charge is 0.229 e. The summed E-state index contributed by atoms with van der Waals surface area (Å²) in [5.41, 5.74) is 0. The lowest BCUT2D eigenvalue weighted by Gasteiger charge is -2.39. The van der Waals surface area contributed by atoms with Gasteiger partial charge in [0, 0.05) is 5.02 Å². The lowest BCUT2D eigenvalue weighted by molar-refractivity contribution is -0.277. The van der Waals surface area contributed by atoms with Crippen LogP contribution in [0.3, 0.4) is 0 Å². The summed E-state index contributed by atoms with van der Waals surface area (Å²) in [4.78, 5) is 0. The van der Waals surface area contributed by atoms with Crippen LogP contribution in [0.15, 0.2) is 12.1 Å². The highest BCUT2D eigenvalue weighted by Gasteiger charge is 2.45. The third-order valence-electron chi connectivity index (χ3n) is 3.05. The molecule has 2 rings (SSSR count). The van der Waals surface area contributed by atoms with E-state index in [0.29, 0.717) is 5.02 Å². The van der Waals surface area contributed by atoms with Crippen LogP contribution in [0, 0.1) is 0 Å². The Labute approximate surface area is 135 Å². The lowest BCUT2D eigenvalue weighted by atomic mass is 9.99. The fraction of sp³-hybridized carbons (Fsp3) is 0.500. The molecule has 1 aromatic carbocycles. The highest BCUT2D eigenvalue weighted by Crippen LogP contribution is 2.37. The molecule has 5 atom stereocenters. The van der Waals surface area contributed by atoms with Crippen molar-refractivity contribution >= 4 is 34.8 Å². The van der Waals surface area contributed by atoms with Gasteiger partial charge in [0.1, 0.15) is 24.4 Å². The molecule has 0 spiro atoms. The molecule has 21 heavy (non-hydrogen) atoms. The van der Waals surface area contributed by atoms with Crippen molar-refractivity contribution in [1.29, 1.82) is 0 Å². The maximum atomic E-state index is 9.87. The van der Waals surface area contributed by atoms with Gasteiger partial charge in [-0.2, -0.15) is 0 Å². The van der Waals surface area contributed by atoms with Gasteiger partial charge in [0.05, 0.1) is 16.7 Å². The van der Waals surface area contributed by atoms with E-state index < -0.39 is 37.3 Å². The van der Waals surface area contributed by atoms with E-state index in [1.807, 2.05) is 0 Å². The highest BCUT2D eigenvalue weighted by molar-refractivity contribution is 6.40. The monoisotopic (exact) mass is 358 g/mol. The van der Waals surface area contributed by atoms with Gasteiger partial charge >= 0.3 is 0 Å². The number of aliphatic hydroxyl groups is 4. The summed E-state index contributed by atoms with van der Waals surface area (Å²) in [5.74, 6) is 0.00654. The van der Waals surface area contributed by atoms with Gasteiger partial charge in [-0.15, -0.1) is 0 Å². The van der Waals surface area contributed by atoms with Crippen LogP contribution >= 0.6 is 34.8 Å². The summed E-state index contributed by atoms with van der Waals surface area (Å²) in [5, 5.41) is 38.8. The Balaban J connectivity index is 2.22. The Kier molecular flexibility index (Phi) is 5.56. The number of hydrogen-bond acceptors (Lipinski definition) is 6. The van der Waals surface area contributed by atoms with Gasteiger partial charge in [0.25, 0.3) is 0 Å². The molecule has 6 nitrogen and oxygen atoms in total. The van der Waals surface area contributed by atoms with Gasteiger partial charge in [-0.1, -0.05) is 34.8 Å². The SMILES string of the molecule is OC[C@H]1O[C@H](Oc2c(Cl)cc(Cl)cc2Cl)[C@H](O)[C@@H](O)[C@@H]1O. The Hall–Kier alpha value is -0.310. The van der Waals surface area contributed by atoms with Gasteiger partial charge in [0.15, 0.2) is 5.75 Å². The van der Waals surface area contributed by atoms with Crippen LogP contribution in [-0.2, 0) is 4.74 Å². The van der Waals surface area contributed by atoms with E-state index >= 15 is 0 Å². The van der Waals surface area contributed by atoms with Gasteiger partial charge in [-0.3, -0.25) is 0 Å². The van der Waals surface area contributed by atoms with Gasteiger partial charge < -0.3 is 29.9 Å². The molecule has 0 bridgehead atoms. The van der Waals surface area contributed by atoms with Crippen molar-refractivity contribution < 1.29 is 29.9 Å². The van der Waals surface area contributed by atoms with E-state index in [1.54, 1.807) is 0 Å². The molecule has 1 aliphatic heterocycles. The Morgan fingerprint density at radius 1 is 1.00 bits per heavy atom. The topological polar surface area (TPSA) is 99.4 Å². The average Bonchev–Trinajstić information content (AvgIpc) is 2.42. The van der Waals surface area contributed by atoms with E-state index in [4.69, 9.17) is 49.4 Å². The standard InChI is InChI=1S/C12H13Cl3O6/c13-4-1-5(14)11(6(15)2-4)21-12-10(19)9(18)8(17)7(3-16)20-12/h1-2,7-10,12,16-19H,3H2/t7-,8-,9+,10-,12-/m1/s1. The summed E-state index contributed by atoms with van der Waals surface area (Å²) in [6.07, 6.45) is -7.02. The first-order valence-corrected chi connectivity index (χ1v) is 7.10. The van der Waals surface area contributed by atoms with Crippen LogP contribution in [0.25, 0.3) is 0 Å². The zero-order chi connectivity index (χ0) is 15.7. The van der Waals surface area contributed by atoms with E-state index in [-0.39, 0.29) is 15.8 Å². The van der Waals surface area contributed by atoms with E-state index in [9.17, 15) is 15.3 Å². The molecule has 0 radical (unpaired) electrons. The fourth-order valence-corrected chi connectivity index (χ4v) is 2.83. The van der Waals surface area contributed by atoms with Crippen LogP contribution in [0.2, 0.25) is 15.1 Å². The first-order valence-electron chi connectivity index (χ1n) is 5.97. The van der Waals surface area contributed by atoms with Crippen molar-refractivity contribution in [3.05, 3.63) is 27.2 Å². The molecule has 4 N–H and O–H groups in total. The quantitative estimate of drug-likeness (QED) is 0.638. The van der Waals surface area contributed by atoms with Crippen LogP contribution < -0.4 is 4.74 Å². The molecule has 1 aromatic rings. The predicted octanol–water partition coefficient (Wildman–Crippen LogP) is 0.825. The van der Waals surface area contributed by atoms with Crippen molar-refractivity contribution in [3.63, 3.8) is 0 Å². The highest BCUT2D eigenvalue weighted by atomic mass is 35.5. The summed E-state index contributed by atoms with van der Waals surface area (Å²) in [6.45, 7) is -0.563. The average molecular weight is 360 g/mol. The second-order valence-electron chi connectivity index (χ2n) is 4.51. The largest absolute Gasteiger partial charge is 0.459 e. The molecule has 0 amide bonds. The predicted molar refractivity (Wildman–Crippen MR) is 75.9 cm³/mol. The van der Waals surface area contributed by atoms with Gasteiger partial charge in [-0.05, 0) is 12.1 Å². The lowest BCUT2D eigenvalue weighted by Crippen LogP contribution is -2.60. The summed E-state index contributed by atoms with van der Waals surface area (Å²) in [7, 11) is 0. The molecule has 0 aromatic heterocycles. The molecule has 0 aliphatic carbocycles. The maximum absolute atomic E-state index is 9.87. The van der Waals surface area contributed by atoms with Crippen molar-refractivity contribution in [2.45, 2.75) is 30.7 Å². The second-order valence-corrected chi connectivity index (χ2v) is 5.76. The second kappa shape index (κ2) is 6.85. The molecule has 1 fully saturated rings. The van der Waals surface area contributed by atoms with E-state index in [1.165, 1.54) is 12.1 Å². The van der Waals surface area contributed by atoms with Crippen molar-refractivity contribution in [1.82, 2.24) is 0 Å². The molecule has 9 heteroatoms. The number of benzene rings is 1. The zero-order valence-electron chi connectivity index (χ0n) is 10.5.